The molecule has 0 radical (unpaired) electrons. The van der Waals surface area contributed by atoms with E-state index in [-0.39, 0.29) is 4.66 Å². The molecule has 1 aromatic carbocycles. The van der Waals surface area contributed by atoms with E-state index in [9.17, 15) is 8.42 Å². The molecule has 3 nitrogen and oxygen atoms in total. The summed E-state index contributed by atoms with van der Waals surface area (Å²) in [6, 6.07) is 5.39. The lowest BCUT2D eigenvalue weighted by molar-refractivity contribution is 0.606. The average molecular weight is 343 g/mol. The zero-order valence-corrected chi connectivity index (χ0v) is 11.4. The minimum atomic E-state index is -3.26. The highest BCUT2D eigenvalue weighted by Gasteiger charge is 2.07. The number of aryl methyl sites for hydroxylation is 1. The molecule has 0 aromatic heterocycles. The summed E-state index contributed by atoms with van der Waals surface area (Å²) in [4.78, 5) is 0. The topological polar surface area (TPSA) is 46.2 Å². The number of nitrogens with one attached hydrogen (secondary N) is 1. The average Bonchev–Trinajstić information content (AvgIpc) is 2.01. The van der Waals surface area contributed by atoms with Gasteiger partial charge in [0.05, 0.1) is 0 Å². The molecule has 0 aliphatic carbocycles. The van der Waals surface area contributed by atoms with Crippen LogP contribution in [0.5, 0.6) is 0 Å². The van der Waals surface area contributed by atoms with Gasteiger partial charge in [-0.15, -0.1) is 0 Å². The van der Waals surface area contributed by atoms with Crippen molar-refractivity contribution in [2.45, 2.75) is 6.92 Å². The first-order valence-corrected chi connectivity index (χ1v) is 7.33. The molecule has 78 valence electrons. The molecule has 0 unspecified atom stereocenters. The maximum atomic E-state index is 11.2. The number of alkyl halides is 1. The van der Waals surface area contributed by atoms with E-state index in [1.807, 2.05) is 13.0 Å². The summed E-state index contributed by atoms with van der Waals surface area (Å²) >= 11 is 6.20. The van der Waals surface area contributed by atoms with Crippen LogP contribution in [-0.2, 0) is 10.0 Å². The molecule has 1 N–H and O–H groups in total. The molecule has 0 aliphatic heterocycles. The Labute approximate surface area is 100 Å². The van der Waals surface area contributed by atoms with Crippen LogP contribution in [0, 0.1) is 6.92 Å². The van der Waals surface area contributed by atoms with Gasteiger partial charge >= 0.3 is 0 Å². The van der Waals surface area contributed by atoms with Crippen molar-refractivity contribution in [1.29, 1.82) is 0 Å². The van der Waals surface area contributed by atoms with E-state index < -0.39 is 10.0 Å². The molecule has 0 atom stereocenters. The lowest BCUT2D eigenvalue weighted by atomic mass is 10.2. The summed E-state index contributed by atoms with van der Waals surface area (Å²) in [6.07, 6.45) is 0. The highest BCUT2D eigenvalue weighted by atomic mass is 79.9. The zero-order chi connectivity index (χ0) is 10.8. The standard InChI is InChI=1S/C8H9Br2NO2S/c1-6-2-7(10)4-8(3-6)11-14(12,13)5-9/h2-4,11H,5H2,1H3. The minimum absolute atomic E-state index is 0.106. The quantitative estimate of drug-likeness (QED) is 0.858. The minimum Gasteiger partial charge on any atom is -0.283 e. The Morgan fingerprint density at radius 3 is 2.50 bits per heavy atom. The zero-order valence-electron chi connectivity index (χ0n) is 7.42. The third-order valence-corrected chi connectivity index (χ3v) is 4.56. The third-order valence-electron chi connectivity index (χ3n) is 1.46. The first kappa shape index (κ1) is 12.0. The summed E-state index contributed by atoms with van der Waals surface area (Å²) < 4.78 is 25.6. The van der Waals surface area contributed by atoms with Gasteiger partial charge in [-0.25, -0.2) is 8.42 Å². The van der Waals surface area contributed by atoms with Crippen LogP contribution in [0.4, 0.5) is 5.69 Å². The monoisotopic (exact) mass is 341 g/mol. The molecular weight excluding hydrogens is 334 g/mol. The van der Waals surface area contributed by atoms with Crippen LogP contribution >= 0.6 is 31.9 Å². The Kier molecular flexibility index (Phi) is 3.97. The van der Waals surface area contributed by atoms with Crippen LogP contribution in [0.25, 0.3) is 0 Å². The molecule has 1 aromatic rings. The first-order valence-electron chi connectivity index (χ1n) is 3.76. The molecule has 0 amide bonds. The van der Waals surface area contributed by atoms with Crippen molar-refractivity contribution in [3.63, 3.8) is 0 Å². The van der Waals surface area contributed by atoms with Crippen LogP contribution in [0.2, 0.25) is 0 Å². The van der Waals surface area contributed by atoms with Crippen LogP contribution in [0.15, 0.2) is 22.7 Å². The van der Waals surface area contributed by atoms with Crippen molar-refractivity contribution in [1.82, 2.24) is 0 Å². The Morgan fingerprint density at radius 2 is 2.00 bits per heavy atom. The molecule has 0 bridgehead atoms. The predicted octanol–water partition coefficient (Wildman–Crippen LogP) is 2.85. The molecule has 0 saturated heterocycles. The van der Waals surface area contributed by atoms with Crippen molar-refractivity contribution < 1.29 is 8.42 Å². The van der Waals surface area contributed by atoms with Gasteiger partial charge in [0.1, 0.15) is 4.66 Å². The van der Waals surface area contributed by atoms with Gasteiger partial charge in [-0.2, -0.15) is 0 Å². The van der Waals surface area contributed by atoms with E-state index in [4.69, 9.17) is 0 Å². The summed E-state index contributed by atoms with van der Waals surface area (Å²) in [5.41, 5.74) is 1.56. The maximum absolute atomic E-state index is 11.2. The van der Waals surface area contributed by atoms with E-state index in [1.165, 1.54) is 0 Å². The Hall–Kier alpha value is -0.0700. The smallest absolute Gasteiger partial charge is 0.242 e. The highest BCUT2D eigenvalue weighted by Crippen LogP contribution is 2.20. The van der Waals surface area contributed by atoms with Crippen molar-refractivity contribution in [3.8, 4) is 0 Å². The lowest BCUT2D eigenvalue weighted by Gasteiger charge is -2.06. The number of sulfonamides is 1. The SMILES string of the molecule is Cc1cc(Br)cc(NS(=O)(=O)CBr)c1. The molecule has 6 heteroatoms. The second kappa shape index (κ2) is 4.63. The summed E-state index contributed by atoms with van der Waals surface area (Å²) in [7, 11) is -3.26. The lowest BCUT2D eigenvalue weighted by Crippen LogP contribution is -2.13. The van der Waals surface area contributed by atoms with Crippen LogP contribution in [0.3, 0.4) is 0 Å². The fourth-order valence-corrected chi connectivity index (χ4v) is 2.48. The van der Waals surface area contributed by atoms with Gasteiger partial charge in [-0.05, 0) is 30.7 Å². The molecule has 0 fully saturated rings. The number of hydrogen-bond donors (Lipinski definition) is 1. The number of benzene rings is 1. The van der Waals surface area contributed by atoms with E-state index in [0.717, 1.165) is 10.0 Å². The summed E-state index contributed by atoms with van der Waals surface area (Å²) in [5.74, 6) is 0. The van der Waals surface area contributed by atoms with E-state index in [0.29, 0.717) is 5.69 Å². The van der Waals surface area contributed by atoms with Gasteiger partial charge in [0, 0.05) is 10.2 Å². The summed E-state index contributed by atoms with van der Waals surface area (Å²) in [6.45, 7) is 1.90. The molecule has 0 saturated carbocycles. The Balaban J connectivity index is 2.98. The van der Waals surface area contributed by atoms with E-state index in [1.54, 1.807) is 12.1 Å². The Bertz CT molecular complexity index is 411. The number of hydrogen-bond acceptors (Lipinski definition) is 2. The van der Waals surface area contributed by atoms with Crippen molar-refractivity contribution in [2.75, 3.05) is 9.38 Å². The maximum Gasteiger partial charge on any atom is 0.242 e. The molecular formula is C8H9Br2NO2S. The van der Waals surface area contributed by atoms with E-state index in [2.05, 4.69) is 36.6 Å². The van der Waals surface area contributed by atoms with Gasteiger partial charge in [0.2, 0.25) is 10.0 Å². The fraction of sp³-hybridized carbons (Fsp3) is 0.250. The highest BCUT2D eigenvalue weighted by molar-refractivity contribution is 9.11. The normalized spacial score (nSPS) is 11.4. The van der Waals surface area contributed by atoms with Crippen molar-refractivity contribution >= 4 is 47.6 Å². The van der Waals surface area contributed by atoms with Gasteiger partial charge in [-0.3, -0.25) is 4.72 Å². The second-order valence-electron chi connectivity index (χ2n) is 2.84. The predicted molar refractivity (Wildman–Crippen MR) is 65.2 cm³/mol. The molecule has 0 heterocycles. The van der Waals surface area contributed by atoms with E-state index >= 15 is 0 Å². The Morgan fingerprint density at radius 1 is 1.36 bits per heavy atom. The van der Waals surface area contributed by atoms with Crippen LogP contribution in [-0.4, -0.2) is 13.1 Å². The van der Waals surface area contributed by atoms with Crippen molar-refractivity contribution in [2.24, 2.45) is 0 Å². The molecule has 0 aliphatic rings. The molecule has 0 spiro atoms. The summed E-state index contributed by atoms with van der Waals surface area (Å²) in [5, 5.41) is 0. The number of anilines is 1. The third kappa shape index (κ3) is 3.59. The van der Waals surface area contributed by atoms with Gasteiger partial charge in [0.15, 0.2) is 0 Å². The first-order chi connectivity index (χ1) is 6.43. The number of halogens is 2. The van der Waals surface area contributed by atoms with Crippen LogP contribution in [0.1, 0.15) is 5.56 Å². The largest absolute Gasteiger partial charge is 0.283 e. The molecule has 1 rings (SSSR count). The fourth-order valence-electron chi connectivity index (χ4n) is 1.00. The molecule has 14 heavy (non-hydrogen) atoms. The van der Waals surface area contributed by atoms with Gasteiger partial charge in [0.25, 0.3) is 0 Å². The van der Waals surface area contributed by atoms with Crippen molar-refractivity contribution in [3.05, 3.63) is 28.2 Å². The second-order valence-corrected chi connectivity index (χ2v) is 6.78. The van der Waals surface area contributed by atoms with Gasteiger partial charge < -0.3 is 0 Å². The van der Waals surface area contributed by atoms with Crippen LogP contribution < -0.4 is 4.72 Å². The number of rotatable bonds is 3. The van der Waals surface area contributed by atoms with Gasteiger partial charge in [-0.1, -0.05) is 31.9 Å².